The first-order chi connectivity index (χ1) is 14.1. The van der Waals surface area contributed by atoms with Gasteiger partial charge in [-0.05, 0) is 26.3 Å². The van der Waals surface area contributed by atoms with Crippen LogP contribution < -0.4 is 5.32 Å². The third-order valence-electron chi connectivity index (χ3n) is 6.87. The number of carbonyl (C=O) groups excluding carboxylic acids is 1. The van der Waals surface area contributed by atoms with E-state index in [9.17, 15) is 4.79 Å². The number of rotatable bonds is 4. The molecule has 2 aliphatic heterocycles. The second kappa shape index (κ2) is 7.77. The number of fused-ring (bicyclic) bond motifs is 1. The highest BCUT2D eigenvalue weighted by Gasteiger charge is 2.46. The third-order valence-corrected chi connectivity index (χ3v) is 7.63. The standard InChI is InChI=1S/C20H29N7OS/c1-25-11-16-23-24-18(19(28)22-15-5-3-2-4-6-15)27(16)14-20(25)7-9-26(13-20)12-17-21-8-10-29-17/h8,10,15H,2-7,9,11-14H2,1H3,(H,22,28)/t20-/m1/s1. The second-order valence-corrected chi connectivity index (χ2v) is 9.78. The van der Waals surface area contributed by atoms with Crippen LogP contribution in [0, 0.1) is 0 Å². The number of thiazole rings is 1. The summed E-state index contributed by atoms with van der Waals surface area (Å²) in [7, 11) is 2.17. The molecule has 8 nitrogen and oxygen atoms in total. The number of aromatic nitrogens is 4. The number of nitrogens with zero attached hydrogens (tertiary/aromatic N) is 6. The number of nitrogens with one attached hydrogen (secondary N) is 1. The summed E-state index contributed by atoms with van der Waals surface area (Å²) in [5, 5.41) is 15.0. The Morgan fingerprint density at radius 3 is 2.93 bits per heavy atom. The van der Waals surface area contributed by atoms with Gasteiger partial charge in [-0.25, -0.2) is 4.98 Å². The Morgan fingerprint density at radius 2 is 2.14 bits per heavy atom. The van der Waals surface area contributed by atoms with Gasteiger partial charge in [0.05, 0.1) is 18.6 Å². The van der Waals surface area contributed by atoms with Crippen LogP contribution >= 0.6 is 11.3 Å². The Morgan fingerprint density at radius 1 is 1.28 bits per heavy atom. The van der Waals surface area contributed by atoms with E-state index in [0.717, 1.165) is 62.8 Å². The van der Waals surface area contributed by atoms with Gasteiger partial charge in [0.25, 0.3) is 5.91 Å². The average Bonchev–Trinajstić information content (AvgIpc) is 3.45. The first-order valence-corrected chi connectivity index (χ1v) is 11.6. The van der Waals surface area contributed by atoms with E-state index in [1.807, 2.05) is 11.6 Å². The van der Waals surface area contributed by atoms with Gasteiger partial charge in [-0.2, -0.15) is 0 Å². The smallest absolute Gasteiger partial charge is 0.289 e. The number of likely N-dealkylation sites (tertiary alicyclic amines) is 1. The van der Waals surface area contributed by atoms with Gasteiger partial charge in [0.1, 0.15) is 10.8 Å². The predicted molar refractivity (Wildman–Crippen MR) is 111 cm³/mol. The van der Waals surface area contributed by atoms with Crippen molar-refractivity contribution < 1.29 is 4.79 Å². The molecule has 1 spiro atoms. The molecule has 1 N–H and O–H groups in total. The largest absolute Gasteiger partial charge is 0.347 e. The molecule has 1 saturated heterocycles. The summed E-state index contributed by atoms with van der Waals surface area (Å²) in [6, 6.07) is 0.282. The van der Waals surface area contributed by atoms with E-state index in [-0.39, 0.29) is 17.5 Å². The Hall–Kier alpha value is -1.84. The molecular formula is C20H29N7OS. The van der Waals surface area contributed by atoms with E-state index in [1.54, 1.807) is 11.3 Å². The average molecular weight is 416 g/mol. The zero-order valence-electron chi connectivity index (χ0n) is 17.0. The Balaban J connectivity index is 1.31. The van der Waals surface area contributed by atoms with Crippen LogP contribution in [-0.2, 0) is 19.6 Å². The molecule has 2 aromatic heterocycles. The molecule has 1 aliphatic carbocycles. The summed E-state index contributed by atoms with van der Waals surface area (Å²) in [5.41, 5.74) is 0.0203. The molecule has 9 heteroatoms. The third kappa shape index (κ3) is 3.71. The molecule has 1 atom stereocenters. The SMILES string of the molecule is CN1Cc2nnc(C(=O)NC3CCCCC3)n2C[C@]12CCN(Cc1nccs1)C2. The maximum Gasteiger partial charge on any atom is 0.289 e. The van der Waals surface area contributed by atoms with Crippen LogP contribution in [0.4, 0.5) is 0 Å². The number of hydrogen-bond acceptors (Lipinski definition) is 7. The van der Waals surface area contributed by atoms with Crippen LogP contribution in [-0.4, -0.2) is 67.2 Å². The van der Waals surface area contributed by atoms with Crippen molar-refractivity contribution in [2.45, 2.75) is 69.7 Å². The van der Waals surface area contributed by atoms with Crippen molar-refractivity contribution in [3.05, 3.63) is 28.2 Å². The lowest BCUT2D eigenvalue weighted by Crippen LogP contribution is -2.55. The molecule has 0 bridgehead atoms. The first-order valence-electron chi connectivity index (χ1n) is 10.7. The molecule has 5 rings (SSSR count). The van der Waals surface area contributed by atoms with Crippen molar-refractivity contribution >= 4 is 17.2 Å². The summed E-state index contributed by atoms with van der Waals surface area (Å²) in [6.45, 7) is 4.43. The molecule has 0 radical (unpaired) electrons. The summed E-state index contributed by atoms with van der Waals surface area (Å²) in [6.07, 6.45) is 8.78. The van der Waals surface area contributed by atoms with Crippen molar-refractivity contribution in [1.29, 1.82) is 0 Å². The van der Waals surface area contributed by atoms with Gasteiger partial charge in [-0.15, -0.1) is 21.5 Å². The lowest BCUT2D eigenvalue weighted by molar-refractivity contribution is 0.0646. The van der Waals surface area contributed by atoms with E-state index in [2.05, 4.69) is 41.9 Å². The van der Waals surface area contributed by atoms with Crippen LogP contribution in [0.2, 0.25) is 0 Å². The Bertz CT molecular complexity index is 860. The van der Waals surface area contributed by atoms with E-state index < -0.39 is 0 Å². The minimum absolute atomic E-state index is 0.0203. The highest BCUT2D eigenvalue weighted by atomic mass is 32.1. The number of likely N-dealkylation sites (N-methyl/N-ethyl adjacent to an activating group) is 1. The lowest BCUT2D eigenvalue weighted by atomic mass is 9.94. The molecule has 2 aromatic rings. The quantitative estimate of drug-likeness (QED) is 0.822. The second-order valence-electron chi connectivity index (χ2n) is 8.80. The molecule has 0 aromatic carbocycles. The van der Waals surface area contributed by atoms with Gasteiger partial charge in [-0.3, -0.25) is 14.6 Å². The zero-order valence-corrected chi connectivity index (χ0v) is 17.8. The normalized spacial score (nSPS) is 26.1. The molecule has 0 unspecified atom stereocenters. The van der Waals surface area contributed by atoms with Gasteiger partial charge in [-0.1, -0.05) is 19.3 Å². The van der Waals surface area contributed by atoms with Crippen molar-refractivity contribution in [3.8, 4) is 0 Å². The fourth-order valence-electron chi connectivity index (χ4n) is 5.12. The van der Waals surface area contributed by atoms with E-state index in [0.29, 0.717) is 5.82 Å². The van der Waals surface area contributed by atoms with E-state index in [4.69, 9.17) is 0 Å². The minimum atomic E-state index is -0.0620. The molecule has 4 heterocycles. The highest BCUT2D eigenvalue weighted by Crippen LogP contribution is 2.34. The zero-order chi connectivity index (χ0) is 19.8. The molecule has 2 fully saturated rings. The predicted octanol–water partition coefficient (Wildman–Crippen LogP) is 1.89. The molecule has 156 valence electrons. The number of amides is 1. The minimum Gasteiger partial charge on any atom is -0.347 e. The van der Waals surface area contributed by atoms with Crippen molar-refractivity contribution in [2.75, 3.05) is 20.1 Å². The van der Waals surface area contributed by atoms with Gasteiger partial charge in [0.15, 0.2) is 0 Å². The van der Waals surface area contributed by atoms with Crippen molar-refractivity contribution in [1.82, 2.24) is 34.9 Å². The summed E-state index contributed by atoms with van der Waals surface area (Å²) in [5.74, 6) is 1.31. The molecular weight excluding hydrogens is 386 g/mol. The van der Waals surface area contributed by atoms with E-state index in [1.165, 1.54) is 19.3 Å². The van der Waals surface area contributed by atoms with Crippen molar-refractivity contribution in [2.24, 2.45) is 0 Å². The number of hydrogen-bond donors (Lipinski definition) is 1. The van der Waals surface area contributed by atoms with Gasteiger partial charge < -0.3 is 9.88 Å². The van der Waals surface area contributed by atoms with Crippen LogP contribution in [0.3, 0.4) is 0 Å². The maximum absolute atomic E-state index is 12.9. The molecule has 1 saturated carbocycles. The molecule has 29 heavy (non-hydrogen) atoms. The first kappa shape index (κ1) is 19.1. The van der Waals surface area contributed by atoms with E-state index >= 15 is 0 Å². The summed E-state index contributed by atoms with van der Waals surface area (Å²) in [4.78, 5) is 22.3. The monoisotopic (exact) mass is 415 g/mol. The fraction of sp³-hybridized carbons (Fsp3) is 0.700. The fourth-order valence-corrected chi connectivity index (χ4v) is 5.77. The van der Waals surface area contributed by atoms with Gasteiger partial charge >= 0.3 is 0 Å². The summed E-state index contributed by atoms with van der Waals surface area (Å²) < 4.78 is 2.07. The van der Waals surface area contributed by atoms with Crippen LogP contribution in [0.1, 0.15) is 60.0 Å². The Kier molecular flexibility index (Phi) is 5.13. The van der Waals surface area contributed by atoms with Gasteiger partial charge in [0, 0.05) is 37.3 Å². The lowest BCUT2D eigenvalue weighted by Gasteiger charge is -2.42. The van der Waals surface area contributed by atoms with Crippen LogP contribution in [0.15, 0.2) is 11.6 Å². The maximum atomic E-state index is 12.9. The molecule has 1 amide bonds. The highest BCUT2D eigenvalue weighted by molar-refractivity contribution is 7.09. The van der Waals surface area contributed by atoms with Crippen LogP contribution in [0.25, 0.3) is 0 Å². The number of carbonyl (C=O) groups is 1. The Labute approximate surface area is 175 Å². The summed E-state index contributed by atoms with van der Waals surface area (Å²) >= 11 is 1.71. The van der Waals surface area contributed by atoms with Crippen LogP contribution in [0.5, 0.6) is 0 Å². The topological polar surface area (TPSA) is 79.2 Å². The molecule has 3 aliphatic rings. The van der Waals surface area contributed by atoms with Crippen molar-refractivity contribution in [3.63, 3.8) is 0 Å². The van der Waals surface area contributed by atoms with Gasteiger partial charge in [0.2, 0.25) is 5.82 Å².